The molecule has 2 N–H and O–H groups in total. The Bertz CT molecular complexity index is 1120. The lowest BCUT2D eigenvalue weighted by atomic mass is 10.0. The Kier molecular flexibility index (Phi) is 6.34. The van der Waals surface area contributed by atoms with Gasteiger partial charge in [-0.1, -0.05) is 25.5 Å². The van der Waals surface area contributed by atoms with E-state index in [2.05, 4.69) is 17.2 Å². The van der Waals surface area contributed by atoms with Crippen LogP contribution in [0, 0.1) is 0 Å². The quantitative estimate of drug-likeness (QED) is 0.592. The van der Waals surface area contributed by atoms with Crippen LogP contribution in [-0.4, -0.2) is 25.1 Å². The highest BCUT2D eigenvalue weighted by molar-refractivity contribution is 6.03. The van der Waals surface area contributed by atoms with Gasteiger partial charge in [0.2, 0.25) is 11.5 Å². The fraction of sp³-hybridized carbons (Fsp3) is 0.217. The summed E-state index contributed by atoms with van der Waals surface area (Å²) >= 11 is 0. The van der Waals surface area contributed by atoms with Gasteiger partial charge in [0.05, 0.1) is 19.7 Å². The van der Waals surface area contributed by atoms with Gasteiger partial charge in [0.15, 0.2) is 11.5 Å². The van der Waals surface area contributed by atoms with Crippen LogP contribution in [0.4, 0.5) is 5.69 Å². The van der Waals surface area contributed by atoms with Gasteiger partial charge in [-0.05, 0) is 47.9 Å². The normalized spacial score (nSPS) is 11.0. The molecular weight excluding hydrogens is 368 g/mol. The zero-order valence-electron chi connectivity index (χ0n) is 16.7. The number of amides is 1. The highest BCUT2D eigenvalue weighted by atomic mass is 16.5. The van der Waals surface area contributed by atoms with Crippen molar-refractivity contribution in [2.75, 3.05) is 19.5 Å². The number of fused-ring (bicyclic) bond motifs is 1. The van der Waals surface area contributed by atoms with Gasteiger partial charge in [0, 0.05) is 23.2 Å². The fourth-order valence-electron chi connectivity index (χ4n) is 3.20. The number of rotatable bonds is 7. The largest absolute Gasteiger partial charge is 0.493 e. The van der Waals surface area contributed by atoms with Crippen molar-refractivity contribution in [2.45, 2.75) is 19.8 Å². The SMILES string of the molecule is CCCc1cc(=O)[nH]c2cc(NC(=O)/C=C\c3ccc(OC)c(OC)c3)ccc12. The van der Waals surface area contributed by atoms with Gasteiger partial charge in [0.1, 0.15) is 0 Å². The van der Waals surface area contributed by atoms with E-state index in [0.717, 1.165) is 29.4 Å². The lowest BCUT2D eigenvalue weighted by molar-refractivity contribution is -0.111. The Morgan fingerprint density at radius 3 is 2.59 bits per heavy atom. The van der Waals surface area contributed by atoms with Gasteiger partial charge in [0.25, 0.3) is 0 Å². The molecule has 0 bridgehead atoms. The molecule has 0 aliphatic heterocycles. The zero-order valence-corrected chi connectivity index (χ0v) is 16.7. The van der Waals surface area contributed by atoms with E-state index in [1.807, 2.05) is 18.2 Å². The molecule has 0 unspecified atom stereocenters. The molecule has 0 atom stereocenters. The van der Waals surface area contributed by atoms with Crippen LogP contribution in [-0.2, 0) is 11.2 Å². The number of pyridine rings is 1. The smallest absolute Gasteiger partial charge is 0.248 e. The van der Waals surface area contributed by atoms with Crippen molar-refractivity contribution in [3.63, 3.8) is 0 Å². The molecule has 0 saturated carbocycles. The summed E-state index contributed by atoms with van der Waals surface area (Å²) in [5.41, 5.74) is 3.01. The second kappa shape index (κ2) is 9.10. The molecular formula is C23H24N2O4. The molecule has 3 aromatic rings. The lowest BCUT2D eigenvalue weighted by Crippen LogP contribution is -2.09. The number of nitrogens with one attached hydrogen (secondary N) is 2. The molecule has 150 valence electrons. The van der Waals surface area contributed by atoms with Crippen LogP contribution in [0.25, 0.3) is 17.0 Å². The summed E-state index contributed by atoms with van der Waals surface area (Å²) < 4.78 is 10.5. The predicted molar refractivity (Wildman–Crippen MR) is 116 cm³/mol. The van der Waals surface area contributed by atoms with Crippen LogP contribution in [0.2, 0.25) is 0 Å². The van der Waals surface area contributed by atoms with Gasteiger partial charge in [-0.25, -0.2) is 0 Å². The minimum Gasteiger partial charge on any atom is -0.493 e. The Balaban J connectivity index is 1.77. The molecule has 3 rings (SSSR count). The highest BCUT2D eigenvalue weighted by Crippen LogP contribution is 2.28. The van der Waals surface area contributed by atoms with Gasteiger partial charge in [-0.2, -0.15) is 0 Å². The summed E-state index contributed by atoms with van der Waals surface area (Å²) in [4.78, 5) is 27.0. The fourth-order valence-corrected chi connectivity index (χ4v) is 3.20. The van der Waals surface area contributed by atoms with E-state index in [4.69, 9.17) is 9.47 Å². The first-order chi connectivity index (χ1) is 14.0. The van der Waals surface area contributed by atoms with Gasteiger partial charge >= 0.3 is 0 Å². The molecule has 1 aromatic heterocycles. The van der Waals surface area contributed by atoms with Crippen LogP contribution in [0.1, 0.15) is 24.5 Å². The second-order valence-corrected chi connectivity index (χ2v) is 6.61. The number of hydrogen-bond donors (Lipinski definition) is 2. The molecule has 0 saturated heterocycles. The number of hydrogen-bond acceptors (Lipinski definition) is 4. The molecule has 1 heterocycles. The van der Waals surface area contributed by atoms with E-state index in [1.54, 1.807) is 44.6 Å². The summed E-state index contributed by atoms with van der Waals surface area (Å²) in [5, 5.41) is 3.81. The summed E-state index contributed by atoms with van der Waals surface area (Å²) in [6.45, 7) is 2.08. The summed E-state index contributed by atoms with van der Waals surface area (Å²) in [6.07, 6.45) is 4.93. The standard InChI is InChI=1S/C23H24N2O4/c1-4-5-16-13-23(27)25-19-14-17(8-9-18(16)19)24-22(26)11-7-15-6-10-20(28-2)21(12-15)29-3/h6-14H,4-5H2,1-3H3,(H,24,26)(H,25,27)/b11-7-. The minimum absolute atomic E-state index is 0.141. The van der Waals surface area contributed by atoms with Crippen molar-refractivity contribution >= 4 is 28.6 Å². The van der Waals surface area contributed by atoms with Crippen molar-refractivity contribution in [1.82, 2.24) is 4.98 Å². The van der Waals surface area contributed by atoms with Crippen molar-refractivity contribution in [3.8, 4) is 11.5 Å². The molecule has 6 heteroatoms. The van der Waals surface area contributed by atoms with E-state index in [-0.39, 0.29) is 11.5 Å². The van der Waals surface area contributed by atoms with Crippen LogP contribution < -0.4 is 20.3 Å². The lowest BCUT2D eigenvalue weighted by Gasteiger charge is -2.08. The topological polar surface area (TPSA) is 80.4 Å². The number of H-pyrrole nitrogens is 1. The molecule has 0 aliphatic carbocycles. The highest BCUT2D eigenvalue weighted by Gasteiger charge is 2.06. The predicted octanol–water partition coefficient (Wildman–Crippen LogP) is 4.15. The van der Waals surface area contributed by atoms with E-state index in [0.29, 0.717) is 22.7 Å². The number of aromatic nitrogens is 1. The van der Waals surface area contributed by atoms with Crippen molar-refractivity contribution < 1.29 is 14.3 Å². The number of benzene rings is 2. The third-order valence-electron chi connectivity index (χ3n) is 4.55. The van der Waals surface area contributed by atoms with Crippen LogP contribution in [0.5, 0.6) is 11.5 Å². The maximum atomic E-state index is 12.3. The van der Waals surface area contributed by atoms with Crippen molar-refractivity contribution in [2.24, 2.45) is 0 Å². The summed E-state index contributed by atoms with van der Waals surface area (Å²) in [5.74, 6) is 0.948. The number of carbonyl (C=O) groups excluding carboxylic acids is 1. The number of methoxy groups -OCH3 is 2. The minimum atomic E-state index is -0.272. The van der Waals surface area contributed by atoms with Crippen LogP contribution in [0.15, 0.2) is 53.3 Å². The van der Waals surface area contributed by atoms with E-state index in [1.165, 1.54) is 6.08 Å². The van der Waals surface area contributed by atoms with E-state index < -0.39 is 0 Å². The zero-order chi connectivity index (χ0) is 20.8. The third kappa shape index (κ3) is 4.85. The Morgan fingerprint density at radius 1 is 1.07 bits per heavy atom. The van der Waals surface area contributed by atoms with Gasteiger partial charge < -0.3 is 19.8 Å². The monoisotopic (exact) mass is 392 g/mol. The summed E-state index contributed by atoms with van der Waals surface area (Å²) in [7, 11) is 3.14. The molecule has 6 nitrogen and oxygen atoms in total. The second-order valence-electron chi connectivity index (χ2n) is 6.61. The van der Waals surface area contributed by atoms with Crippen LogP contribution in [0.3, 0.4) is 0 Å². The number of aromatic amines is 1. The van der Waals surface area contributed by atoms with Gasteiger partial charge in [-0.3, -0.25) is 9.59 Å². The molecule has 0 fully saturated rings. The number of aryl methyl sites for hydroxylation is 1. The van der Waals surface area contributed by atoms with Gasteiger partial charge in [-0.15, -0.1) is 0 Å². The molecule has 1 amide bonds. The molecule has 0 radical (unpaired) electrons. The number of ether oxygens (including phenoxy) is 2. The maximum Gasteiger partial charge on any atom is 0.248 e. The molecule has 0 spiro atoms. The first kappa shape index (κ1) is 20.2. The van der Waals surface area contributed by atoms with Crippen LogP contribution >= 0.6 is 0 Å². The third-order valence-corrected chi connectivity index (χ3v) is 4.55. The number of anilines is 1. The first-order valence-corrected chi connectivity index (χ1v) is 9.41. The van der Waals surface area contributed by atoms with Crippen molar-refractivity contribution in [3.05, 3.63) is 70.0 Å². The Hall–Kier alpha value is -3.54. The summed E-state index contributed by atoms with van der Waals surface area (Å²) in [6, 6.07) is 12.6. The first-order valence-electron chi connectivity index (χ1n) is 9.41. The Labute approximate surface area is 169 Å². The van der Waals surface area contributed by atoms with E-state index >= 15 is 0 Å². The average Bonchev–Trinajstić information content (AvgIpc) is 2.71. The maximum absolute atomic E-state index is 12.3. The molecule has 2 aromatic carbocycles. The molecule has 29 heavy (non-hydrogen) atoms. The van der Waals surface area contributed by atoms with Crippen molar-refractivity contribution in [1.29, 1.82) is 0 Å². The van der Waals surface area contributed by atoms with E-state index in [9.17, 15) is 9.59 Å². The Morgan fingerprint density at radius 2 is 1.86 bits per heavy atom. The molecule has 0 aliphatic rings. The average molecular weight is 392 g/mol. The number of carbonyl (C=O) groups is 1.